The minimum Gasteiger partial charge on any atom is -0.379 e. The van der Waals surface area contributed by atoms with Gasteiger partial charge in [0.15, 0.2) is 0 Å². The molecule has 1 rings (SSSR count). The average Bonchev–Trinajstić information content (AvgIpc) is 2.91. The molecule has 0 saturated carbocycles. The van der Waals surface area contributed by atoms with E-state index in [1.165, 1.54) is 25.7 Å². The highest BCUT2D eigenvalue weighted by Gasteiger charge is 2.22. The summed E-state index contributed by atoms with van der Waals surface area (Å²) in [7, 11) is 0. The molecule has 0 amide bonds. The summed E-state index contributed by atoms with van der Waals surface area (Å²) in [4.78, 5) is 0. The zero-order chi connectivity index (χ0) is 12.0. The fourth-order valence-electron chi connectivity index (χ4n) is 2.22. The van der Waals surface area contributed by atoms with E-state index < -0.39 is 0 Å². The Hall–Kier alpha value is -0.0800. The van der Waals surface area contributed by atoms with E-state index in [1.807, 2.05) is 0 Å². The molecule has 0 aromatic heterocycles. The Labute approximate surface area is 101 Å². The first-order chi connectivity index (χ1) is 7.47. The summed E-state index contributed by atoms with van der Waals surface area (Å²) in [5, 5.41) is 0. The topological polar surface area (TPSA) is 21.8 Å². The zero-order valence-electron chi connectivity index (χ0n) is 11.4. The van der Waals surface area contributed by atoms with E-state index in [0.29, 0.717) is 11.5 Å². The molecule has 0 aromatic rings. The van der Waals surface area contributed by atoms with Gasteiger partial charge in [0.2, 0.25) is 0 Å². The highest BCUT2D eigenvalue weighted by Crippen LogP contribution is 2.26. The van der Waals surface area contributed by atoms with Gasteiger partial charge in [0.1, 0.15) is 6.10 Å². The lowest BCUT2D eigenvalue weighted by Crippen LogP contribution is -2.11. The lowest BCUT2D eigenvalue weighted by Gasteiger charge is -2.23. The fourth-order valence-corrected chi connectivity index (χ4v) is 2.22. The van der Waals surface area contributed by atoms with Gasteiger partial charge in [-0.05, 0) is 24.2 Å². The average molecular weight is 228 g/mol. The van der Waals surface area contributed by atoms with Crippen molar-refractivity contribution < 1.29 is 9.47 Å². The number of hydrogen-bond acceptors (Lipinski definition) is 2. The van der Waals surface area contributed by atoms with Crippen molar-refractivity contribution in [3.05, 3.63) is 0 Å². The Bertz CT molecular complexity index is 180. The molecule has 2 heteroatoms. The van der Waals surface area contributed by atoms with Crippen LogP contribution in [0.25, 0.3) is 0 Å². The van der Waals surface area contributed by atoms with E-state index in [9.17, 15) is 0 Å². The minimum atomic E-state index is 0.416. The molecule has 0 N–H and O–H groups in total. The molecule has 0 aliphatic carbocycles. The number of epoxide rings is 1. The third-order valence-electron chi connectivity index (χ3n) is 2.90. The van der Waals surface area contributed by atoms with Gasteiger partial charge in [-0.2, -0.15) is 0 Å². The minimum absolute atomic E-state index is 0.416. The van der Waals surface area contributed by atoms with Crippen LogP contribution in [0.3, 0.4) is 0 Å². The quantitative estimate of drug-likeness (QED) is 0.467. The van der Waals surface area contributed by atoms with Crippen LogP contribution in [-0.2, 0) is 9.47 Å². The van der Waals surface area contributed by atoms with Crippen LogP contribution in [0.15, 0.2) is 0 Å². The van der Waals surface area contributed by atoms with Crippen molar-refractivity contribution in [3.63, 3.8) is 0 Å². The lowest BCUT2D eigenvalue weighted by molar-refractivity contribution is 0.112. The fraction of sp³-hybridized carbons (Fsp3) is 1.00. The standard InChI is InChI=1S/C14H28O2/c1-12(9-14(2,3)4)7-5-6-8-15-10-13-11-16-13/h12-13H,5-11H2,1-4H3. The first-order valence-corrected chi connectivity index (χ1v) is 6.67. The van der Waals surface area contributed by atoms with Gasteiger partial charge in [-0.3, -0.25) is 0 Å². The summed E-state index contributed by atoms with van der Waals surface area (Å²) >= 11 is 0. The molecule has 1 heterocycles. The van der Waals surface area contributed by atoms with Crippen LogP contribution in [0.4, 0.5) is 0 Å². The van der Waals surface area contributed by atoms with Gasteiger partial charge in [-0.25, -0.2) is 0 Å². The predicted octanol–water partition coefficient (Wildman–Crippen LogP) is 3.64. The molecule has 1 aliphatic rings. The van der Waals surface area contributed by atoms with Crippen LogP contribution < -0.4 is 0 Å². The molecule has 2 atom stereocenters. The number of unbranched alkanes of at least 4 members (excludes halogenated alkanes) is 1. The zero-order valence-corrected chi connectivity index (χ0v) is 11.4. The van der Waals surface area contributed by atoms with Crippen molar-refractivity contribution in [1.29, 1.82) is 0 Å². The van der Waals surface area contributed by atoms with E-state index in [2.05, 4.69) is 27.7 Å². The summed E-state index contributed by atoms with van der Waals surface area (Å²) in [5.41, 5.74) is 0.471. The maximum atomic E-state index is 5.52. The van der Waals surface area contributed by atoms with Crippen molar-refractivity contribution in [2.75, 3.05) is 19.8 Å². The van der Waals surface area contributed by atoms with E-state index in [1.54, 1.807) is 0 Å². The Balaban J connectivity index is 1.85. The summed E-state index contributed by atoms with van der Waals surface area (Å²) < 4.78 is 10.6. The molecule has 1 saturated heterocycles. The van der Waals surface area contributed by atoms with Gasteiger partial charge >= 0.3 is 0 Å². The van der Waals surface area contributed by atoms with Crippen LogP contribution in [-0.4, -0.2) is 25.9 Å². The smallest absolute Gasteiger partial charge is 0.104 e. The molecule has 0 aromatic carbocycles. The molecule has 16 heavy (non-hydrogen) atoms. The maximum absolute atomic E-state index is 5.52. The molecule has 1 aliphatic heterocycles. The van der Waals surface area contributed by atoms with Crippen molar-refractivity contribution in [1.82, 2.24) is 0 Å². The van der Waals surface area contributed by atoms with E-state index in [4.69, 9.17) is 9.47 Å². The van der Waals surface area contributed by atoms with E-state index >= 15 is 0 Å². The Morgan fingerprint density at radius 2 is 2.00 bits per heavy atom. The molecule has 1 fully saturated rings. The van der Waals surface area contributed by atoms with Gasteiger partial charge in [0.25, 0.3) is 0 Å². The molecular weight excluding hydrogens is 200 g/mol. The summed E-state index contributed by atoms with van der Waals surface area (Å²) in [6.45, 7) is 11.9. The van der Waals surface area contributed by atoms with Crippen LogP contribution in [0.5, 0.6) is 0 Å². The van der Waals surface area contributed by atoms with E-state index in [0.717, 1.165) is 25.7 Å². The Morgan fingerprint density at radius 1 is 1.31 bits per heavy atom. The molecular formula is C14H28O2. The summed E-state index contributed by atoms with van der Waals surface area (Å²) in [6, 6.07) is 0. The predicted molar refractivity (Wildman–Crippen MR) is 67.6 cm³/mol. The monoisotopic (exact) mass is 228 g/mol. The molecule has 0 radical (unpaired) electrons. The highest BCUT2D eigenvalue weighted by molar-refractivity contribution is 4.68. The van der Waals surface area contributed by atoms with Gasteiger partial charge in [0.05, 0.1) is 13.2 Å². The van der Waals surface area contributed by atoms with Crippen LogP contribution >= 0.6 is 0 Å². The lowest BCUT2D eigenvalue weighted by atomic mass is 9.83. The van der Waals surface area contributed by atoms with Crippen LogP contribution in [0.1, 0.15) is 53.4 Å². The summed E-state index contributed by atoms with van der Waals surface area (Å²) in [5.74, 6) is 0.840. The second-order valence-electron chi connectivity index (χ2n) is 6.40. The summed E-state index contributed by atoms with van der Waals surface area (Å²) in [6.07, 6.45) is 5.56. The van der Waals surface area contributed by atoms with Gasteiger partial charge in [0, 0.05) is 6.61 Å². The first kappa shape index (κ1) is 14.0. The third-order valence-corrected chi connectivity index (χ3v) is 2.90. The Kier molecular flexibility index (Phi) is 5.77. The van der Waals surface area contributed by atoms with Crippen molar-refractivity contribution >= 4 is 0 Å². The van der Waals surface area contributed by atoms with E-state index in [-0.39, 0.29) is 0 Å². The molecule has 0 bridgehead atoms. The third kappa shape index (κ3) is 8.12. The van der Waals surface area contributed by atoms with Crippen molar-refractivity contribution in [2.24, 2.45) is 11.3 Å². The van der Waals surface area contributed by atoms with Crippen molar-refractivity contribution in [2.45, 2.75) is 59.5 Å². The molecule has 0 spiro atoms. The second kappa shape index (κ2) is 6.61. The first-order valence-electron chi connectivity index (χ1n) is 6.67. The normalized spacial score (nSPS) is 22.1. The van der Waals surface area contributed by atoms with Crippen LogP contribution in [0.2, 0.25) is 0 Å². The number of ether oxygens (including phenoxy) is 2. The number of hydrogen-bond donors (Lipinski definition) is 0. The number of rotatable bonds is 8. The molecule has 2 nitrogen and oxygen atoms in total. The van der Waals surface area contributed by atoms with Crippen LogP contribution in [0, 0.1) is 11.3 Å². The maximum Gasteiger partial charge on any atom is 0.104 e. The highest BCUT2D eigenvalue weighted by atomic mass is 16.6. The Morgan fingerprint density at radius 3 is 2.56 bits per heavy atom. The molecule has 2 unspecified atom stereocenters. The van der Waals surface area contributed by atoms with Gasteiger partial charge in [-0.15, -0.1) is 0 Å². The van der Waals surface area contributed by atoms with Gasteiger partial charge < -0.3 is 9.47 Å². The SMILES string of the molecule is CC(CCCCOCC1CO1)CC(C)(C)C. The molecule has 96 valence electrons. The largest absolute Gasteiger partial charge is 0.379 e. The second-order valence-corrected chi connectivity index (χ2v) is 6.40. The van der Waals surface area contributed by atoms with Crippen molar-refractivity contribution in [3.8, 4) is 0 Å². The van der Waals surface area contributed by atoms with Gasteiger partial charge in [-0.1, -0.05) is 40.5 Å².